The average Bonchev–Trinajstić information content (AvgIpc) is 3.08. The van der Waals surface area contributed by atoms with Crippen LogP contribution in [0.3, 0.4) is 0 Å². The first kappa shape index (κ1) is 14.4. The first-order chi connectivity index (χ1) is 11.7. The summed E-state index contributed by atoms with van der Waals surface area (Å²) in [5, 5.41) is 0. The number of amides is 1. The highest BCUT2D eigenvalue weighted by atomic mass is 16.2. The van der Waals surface area contributed by atoms with E-state index in [9.17, 15) is 9.59 Å². The average molecular weight is 324 g/mol. The van der Waals surface area contributed by atoms with Gasteiger partial charge in [0.2, 0.25) is 5.95 Å². The second-order valence-electron chi connectivity index (χ2n) is 5.64. The van der Waals surface area contributed by atoms with E-state index in [2.05, 4.69) is 19.9 Å². The molecule has 3 aromatic rings. The molecule has 1 saturated heterocycles. The molecule has 0 atom stereocenters. The molecule has 122 valence electrons. The van der Waals surface area contributed by atoms with Gasteiger partial charge in [-0.15, -0.1) is 0 Å². The molecule has 8 heteroatoms. The third kappa shape index (κ3) is 2.51. The van der Waals surface area contributed by atoms with Crippen LogP contribution in [0.4, 0.5) is 5.95 Å². The monoisotopic (exact) mass is 324 g/mol. The standard InChI is InChI=1S/C16H16N6O2/c23-14-12-13(17-10-18-14)20-16(19-12)22-8-6-21(7-9-22)15(24)11-4-2-1-3-5-11/h1-5,10H,6-9H2,(H2,17,18,19,20,23). The van der Waals surface area contributed by atoms with Crippen LogP contribution in [0.5, 0.6) is 0 Å². The molecule has 1 aliphatic rings. The Morgan fingerprint density at radius 1 is 1.08 bits per heavy atom. The number of H-pyrrole nitrogens is 2. The van der Waals surface area contributed by atoms with Crippen LogP contribution >= 0.6 is 0 Å². The molecule has 1 fully saturated rings. The van der Waals surface area contributed by atoms with Crippen LogP contribution in [0.1, 0.15) is 10.4 Å². The summed E-state index contributed by atoms with van der Waals surface area (Å²) in [6.07, 6.45) is 1.34. The van der Waals surface area contributed by atoms with Gasteiger partial charge in [-0.3, -0.25) is 9.59 Å². The number of benzene rings is 1. The van der Waals surface area contributed by atoms with E-state index in [-0.39, 0.29) is 11.5 Å². The Balaban J connectivity index is 1.48. The lowest BCUT2D eigenvalue weighted by Crippen LogP contribution is -2.49. The summed E-state index contributed by atoms with van der Waals surface area (Å²) in [6, 6.07) is 9.27. The highest BCUT2D eigenvalue weighted by Gasteiger charge is 2.24. The van der Waals surface area contributed by atoms with Gasteiger partial charge in [-0.25, -0.2) is 4.98 Å². The molecule has 8 nitrogen and oxygen atoms in total. The Hall–Kier alpha value is -3.16. The lowest BCUT2D eigenvalue weighted by molar-refractivity contribution is 0.0746. The molecule has 0 saturated carbocycles. The predicted molar refractivity (Wildman–Crippen MR) is 89.1 cm³/mol. The van der Waals surface area contributed by atoms with E-state index in [0.717, 1.165) is 0 Å². The van der Waals surface area contributed by atoms with Crippen molar-refractivity contribution in [1.82, 2.24) is 24.8 Å². The van der Waals surface area contributed by atoms with Gasteiger partial charge in [0, 0.05) is 31.7 Å². The summed E-state index contributed by atoms with van der Waals surface area (Å²) in [5.41, 5.74) is 1.23. The normalized spacial score (nSPS) is 15.0. The van der Waals surface area contributed by atoms with Gasteiger partial charge in [-0.05, 0) is 12.1 Å². The number of anilines is 1. The molecule has 3 heterocycles. The summed E-state index contributed by atoms with van der Waals surface area (Å²) in [6.45, 7) is 2.51. The van der Waals surface area contributed by atoms with Gasteiger partial charge >= 0.3 is 0 Å². The van der Waals surface area contributed by atoms with Crippen molar-refractivity contribution in [3.05, 3.63) is 52.6 Å². The van der Waals surface area contributed by atoms with E-state index in [1.807, 2.05) is 40.1 Å². The first-order valence-electron chi connectivity index (χ1n) is 7.75. The number of fused-ring (bicyclic) bond motifs is 1. The number of hydrogen-bond acceptors (Lipinski definition) is 5. The minimum absolute atomic E-state index is 0.0398. The molecule has 1 aliphatic heterocycles. The molecule has 24 heavy (non-hydrogen) atoms. The van der Waals surface area contributed by atoms with E-state index in [0.29, 0.717) is 48.9 Å². The van der Waals surface area contributed by atoms with E-state index < -0.39 is 0 Å². The minimum atomic E-state index is -0.239. The van der Waals surface area contributed by atoms with Crippen molar-refractivity contribution < 1.29 is 4.79 Å². The van der Waals surface area contributed by atoms with Crippen LogP contribution in [0.15, 0.2) is 41.5 Å². The topological polar surface area (TPSA) is 98.0 Å². The largest absolute Gasteiger partial charge is 0.339 e. The van der Waals surface area contributed by atoms with Crippen LogP contribution in [0.25, 0.3) is 11.2 Å². The van der Waals surface area contributed by atoms with Gasteiger partial charge in [-0.1, -0.05) is 18.2 Å². The van der Waals surface area contributed by atoms with E-state index in [1.165, 1.54) is 6.33 Å². The Morgan fingerprint density at radius 3 is 2.54 bits per heavy atom. The molecular weight excluding hydrogens is 308 g/mol. The van der Waals surface area contributed by atoms with Gasteiger partial charge in [0.15, 0.2) is 11.2 Å². The number of piperazine rings is 1. The summed E-state index contributed by atoms with van der Waals surface area (Å²) in [4.78, 5) is 42.0. The molecule has 4 rings (SSSR count). The van der Waals surface area contributed by atoms with Gasteiger partial charge in [0.1, 0.15) is 0 Å². The number of carbonyl (C=O) groups excluding carboxylic acids is 1. The highest BCUT2D eigenvalue weighted by Crippen LogP contribution is 2.16. The van der Waals surface area contributed by atoms with Gasteiger partial charge in [-0.2, -0.15) is 4.98 Å². The fourth-order valence-corrected chi connectivity index (χ4v) is 2.86. The van der Waals surface area contributed by atoms with Crippen molar-refractivity contribution in [1.29, 1.82) is 0 Å². The number of nitrogens with zero attached hydrogens (tertiary/aromatic N) is 4. The van der Waals surface area contributed by atoms with Crippen LogP contribution in [-0.4, -0.2) is 56.9 Å². The zero-order chi connectivity index (χ0) is 16.5. The maximum absolute atomic E-state index is 12.5. The van der Waals surface area contributed by atoms with Gasteiger partial charge in [0.05, 0.1) is 6.33 Å². The molecule has 0 spiro atoms. The van der Waals surface area contributed by atoms with Gasteiger partial charge < -0.3 is 19.8 Å². The Kier molecular flexibility index (Phi) is 3.49. The number of rotatable bonds is 2. The number of aromatic amines is 2. The lowest BCUT2D eigenvalue weighted by atomic mass is 10.2. The van der Waals surface area contributed by atoms with E-state index >= 15 is 0 Å². The van der Waals surface area contributed by atoms with E-state index in [1.54, 1.807) is 0 Å². The van der Waals surface area contributed by atoms with Crippen LogP contribution in [-0.2, 0) is 0 Å². The SMILES string of the molecule is O=C(c1ccccc1)N1CCN(c2nc3nc[nH]c(=O)c3[nH]2)CC1. The molecule has 0 radical (unpaired) electrons. The Morgan fingerprint density at radius 2 is 1.83 bits per heavy atom. The maximum atomic E-state index is 12.5. The Bertz CT molecular complexity index is 924. The van der Waals surface area contributed by atoms with Crippen molar-refractivity contribution in [2.45, 2.75) is 0 Å². The molecular formula is C16H16N6O2. The number of nitrogens with one attached hydrogen (secondary N) is 2. The number of hydrogen-bond donors (Lipinski definition) is 2. The van der Waals surface area contributed by atoms with Crippen LogP contribution in [0.2, 0.25) is 0 Å². The fourth-order valence-electron chi connectivity index (χ4n) is 2.86. The highest BCUT2D eigenvalue weighted by molar-refractivity contribution is 5.94. The number of imidazole rings is 1. The Labute approximate surface area is 137 Å². The van der Waals surface area contributed by atoms with Crippen molar-refractivity contribution in [2.24, 2.45) is 0 Å². The smallest absolute Gasteiger partial charge is 0.276 e. The summed E-state index contributed by atoms with van der Waals surface area (Å²) < 4.78 is 0. The van der Waals surface area contributed by atoms with Crippen LogP contribution < -0.4 is 10.5 Å². The third-order valence-corrected chi connectivity index (χ3v) is 4.17. The second-order valence-corrected chi connectivity index (χ2v) is 5.64. The summed E-state index contributed by atoms with van der Waals surface area (Å²) in [5.74, 6) is 0.652. The molecule has 2 N–H and O–H groups in total. The molecule has 1 aromatic carbocycles. The zero-order valence-electron chi connectivity index (χ0n) is 12.9. The second kappa shape index (κ2) is 5.80. The van der Waals surface area contributed by atoms with Crippen molar-refractivity contribution >= 4 is 23.0 Å². The fraction of sp³-hybridized carbons (Fsp3) is 0.250. The third-order valence-electron chi connectivity index (χ3n) is 4.17. The molecule has 0 aliphatic carbocycles. The first-order valence-corrected chi connectivity index (χ1v) is 7.75. The molecule has 0 bridgehead atoms. The van der Waals surface area contributed by atoms with Crippen molar-refractivity contribution in [3.63, 3.8) is 0 Å². The lowest BCUT2D eigenvalue weighted by Gasteiger charge is -2.34. The summed E-state index contributed by atoms with van der Waals surface area (Å²) in [7, 11) is 0. The maximum Gasteiger partial charge on any atom is 0.276 e. The molecule has 2 aromatic heterocycles. The predicted octanol–water partition coefficient (Wildman–Crippen LogP) is 0.609. The zero-order valence-corrected chi connectivity index (χ0v) is 12.9. The van der Waals surface area contributed by atoms with Crippen molar-refractivity contribution in [3.8, 4) is 0 Å². The minimum Gasteiger partial charge on any atom is -0.339 e. The number of carbonyl (C=O) groups is 1. The summed E-state index contributed by atoms with van der Waals surface area (Å²) >= 11 is 0. The van der Waals surface area contributed by atoms with Crippen LogP contribution in [0, 0.1) is 0 Å². The van der Waals surface area contributed by atoms with Gasteiger partial charge in [0.25, 0.3) is 11.5 Å². The quantitative estimate of drug-likeness (QED) is 0.720. The molecule has 1 amide bonds. The van der Waals surface area contributed by atoms with E-state index in [4.69, 9.17) is 0 Å². The molecule has 0 unspecified atom stereocenters. The van der Waals surface area contributed by atoms with Crippen molar-refractivity contribution in [2.75, 3.05) is 31.1 Å². The number of aromatic nitrogens is 4.